The molecule has 0 aliphatic rings. The van der Waals surface area contributed by atoms with Gasteiger partial charge >= 0.3 is 6.61 Å². The van der Waals surface area contributed by atoms with Crippen molar-refractivity contribution >= 4 is 53.1 Å². The summed E-state index contributed by atoms with van der Waals surface area (Å²) in [5, 5.41) is 6.30. The van der Waals surface area contributed by atoms with Crippen LogP contribution in [0.25, 0.3) is 0 Å². The maximum Gasteiger partial charge on any atom is 0.387 e. The first-order valence-electron chi connectivity index (χ1n) is 7.60. The zero-order valence-corrected chi connectivity index (χ0v) is 18.6. The molecule has 0 unspecified atom stereocenters. The number of oxazole rings is 1. The zero-order valence-electron chi connectivity index (χ0n) is 14.8. The number of halogens is 5. The lowest BCUT2D eigenvalue weighted by Gasteiger charge is -2.15. The summed E-state index contributed by atoms with van der Waals surface area (Å²) in [6.07, 6.45) is 0. The smallest absolute Gasteiger partial charge is 0.387 e. The Morgan fingerprint density at radius 1 is 1.26 bits per heavy atom. The SMILES string of the molecule is CN=C(NCc1nc(C)c(C)o1)NCc1cc(Cl)cc(Cl)c1OC(F)F.I. The highest BCUT2D eigenvalue weighted by atomic mass is 127. The van der Waals surface area contributed by atoms with Crippen LogP contribution in [0.2, 0.25) is 10.0 Å². The molecule has 0 spiro atoms. The molecule has 11 heteroatoms. The minimum Gasteiger partial charge on any atom is -0.444 e. The van der Waals surface area contributed by atoms with Crippen LogP contribution in [-0.4, -0.2) is 24.6 Å². The maximum atomic E-state index is 12.6. The van der Waals surface area contributed by atoms with Crippen LogP contribution < -0.4 is 15.4 Å². The fourth-order valence-electron chi connectivity index (χ4n) is 2.14. The van der Waals surface area contributed by atoms with E-state index in [4.69, 9.17) is 27.6 Å². The largest absolute Gasteiger partial charge is 0.444 e. The Bertz CT molecular complexity index is 783. The predicted molar refractivity (Wildman–Crippen MR) is 112 cm³/mol. The van der Waals surface area contributed by atoms with Crippen LogP contribution in [0.5, 0.6) is 5.75 Å². The number of rotatable bonds is 6. The second-order valence-electron chi connectivity index (χ2n) is 5.28. The van der Waals surface area contributed by atoms with Crippen molar-refractivity contribution in [2.75, 3.05) is 7.05 Å². The summed E-state index contributed by atoms with van der Waals surface area (Å²) in [6, 6.07) is 2.83. The lowest BCUT2D eigenvalue weighted by Crippen LogP contribution is -2.36. The van der Waals surface area contributed by atoms with Crippen LogP contribution in [-0.2, 0) is 13.1 Å². The van der Waals surface area contributed by atoms with Gasteiger partial charge in [-0.25, -0.2) is 4.98 Å². The summed E-state index contributed by atoms with van der Waals surface area (Å²) in [5.74, 6) is 1.54. The second-order valence-corrected chi connectivity index (χ2v) is 6.13. The number of aliphatic imine (C=N–C) groups is 1. The van der Waals surface area contributed by atoms with Crippen LogP contribution in [0.3, 0.4) is 0 Å². The number of alkyl halides is 2. The molecule has 0 saturated carbocycles. The van der Waals surface area contributed by atoms with Crippen LogP contribution >= 0.6 is 47.2 Å². The molecule has 27 heavy (non-hydrogen) atoms. The molecule has 2 aromatic rings. The van der Waals surface area contributed by atoms with Crippen molar-refractivity contribution in [1.82, 2.24) is 15.6 Å². The molecular weight excluding hydrogens is 516 g/mol. The molecule has 2 N–H and O–H groups in total. The molecule has 150 valence electrons. The Kier molecular flexibility index (Phi) is 9.54. The number of guanidine groups is 1. The molecule has 6 nitrogen and oxygen atoms in total. The average molecular weight is 535 g/mol. The number of nitrogens with one attached hydrogen (secondary N) is 2. The second kappa shape index (κ2) is 10.9. The van der Waals surface area contributed by atoms with E-state index >= 15 is 0 Å². The van der Waals surface area contributed by atoms with Gasteiger partial charge in [-0.15, -0.1) is 24.0 Å². The van der Waals surface area contributed by atoms with Crippen LogP contribution in [0, 0.1) is 13.8 Å². The summed E-state index contributed by atoms with van der Waals surface area (Å²) in [7, 11) is 1.57. The molecule has 0 aliphatic carbocycles. The van der Waals surface area contributed by atoms with Gasteiger partial charge in [0.2, 0.25) is 5.89 Å². The quantitative estimate of drug-likeness (QED) is 0.320. The number of aryl methyl sites for hydroxylation is 2. The third-order valence-corrected chi connectivity index (χ3v) is 3.94. The van der Waals surface area contributed by atoms with Crippen molar-refractivity contribution in [1.29, 1.82) is 0 Å². The van der Waals surface area contributed by atoms with E-state index in [9.17, 15) is 8.78 Å². The first-order chi connectivity index (χ1) is 12.3. The normalized spacial score (nSPS) is 11.3. The number of benzene rings is 1. The lowest BCUT2D eigenvalue weighted by molar-refractivity contribution is -0.0504. The summed E-state index contributed by atoms with van der Waals surface area (Å²) >= 11 is 11.9. The standard InChI is InChI=1S/C16H18Cl2F2N4O2.HI/c1-8-9(2)25-13(24-8)7-23-16(21-3)22-6-10-4-11(17)5-12(18)14(10)26-15(19)20;/h4-5,15H,6-7H2,1-3H3,(H2,21,22,23);1H. The van der Waals surface area contributed by atoms with Gasteiger partial charge in [0.25, 0.3) is 0 Å². The Hall–Kier alpha value is -1.33. The van der Waals surface area contributed by atoms with Crippen molar-refractivity contribution in [2.45, 2.75) is 33.5 Å². The Morgan fingerprint density at radius 3 is 2.48 bits per heavy atom. The molecule has 1 heterocycles. The van der Waals surface area contributed by atoms with Gasteiger partial charge < -0.3 is 19.8 Å². The number of nitrogens with zero attached hydrogens (tertiary/aromatic N) is 2. The molecular formula is C16H19Cl2F2IN4O2. The van der Waals surface area contributed by atoms with E-state index in [0.717, 1.165) is 11.5 Å². The highest BCUT2D eigenvalue weighted by Crippen LogP contribution is 2.33. The van der Waals surface area contributed by atoms with Crippen molar-refractivity contribution in [3.8, 4) is 5.75 Å². The number of ether oxygens (including phenoxy) is 1. The molecule has 0 saturated heterocycles. The van der Waals surface area contributed by atoms with Gasteiger partial charge in [-0.05, 0) is 26.0 Å². The number of aromatic nitrogens is 1. The molecule has 2 rings (SSSR count). The molecule has 0 atom stereocenters. The third-order valence-electron chi connectivity index (χ3n) is 3.44. The van der Waals surface area contributed by atoms with E-state index in [1.54, 1.807) is 7.05 Å². The maximum absolute atomic E-state index is 12.6. The van der Waals surface area contributed by atoms with Gasteiger partial charge in [-0.3, -0.25) is 4.99 Å². The predicted octanol–water partition coefficient (Wildman–Crippen LogP) is 4.68. The fraction of sp³-hybridized carbons (Fsp3) is 0.375. The highest BCUT2D eigenvalue weighted by molar-refractivity contribution is 14.0. The minimum absolute atomic E-state index is 0. The minimum atomic E-state index is -3.00. The first-order valence-corrected chi connectivity index (χ1v) is 8.36. The molecule has 0 amide bonds. The van der Waals surface area contributed by atoms with Gasteiger partial charge in [0.05, 0.1) is 17.3 Å². The number of hydrogen-bond acceptors (Lipinski definition) is 4. The van der Waals surface area contributed by atoms with Crippen LogP contribution in [0.4, 0.5) is 8.78 Å². The van der Waals surface area contributed by atoms with Crippen molar-refractivity contribution in [3.63, 3.8) is 0 Å². The first kappa shape index (κ1) is 23.7. The average Bonchev–Trinajstić information content (AvgIpc) is 2.88. The zero-order chi connectivity index (χ0) is 19.3. The summed E-state index contributed by atoms with van der Waals surface area (Å²) in [4.78, 5) is 8.31. The van der Waals surface area contributed by atoms with E-state index in [2.05, 4.69) is 25.3 Å². The molecule has 0 radical (unpaired) electrons. The Labute approximate surface area is 182 Å². The van der Waals surface area contributed by atoms with Gasteiger partial charge in [-0.1, -0.05) is 23.2 Å². The van der Waals surface area contributed by atoms with Crippen molar-refractivity contribution < 1.29 is 17.9 Å². The summed E-state index contributed by atoms with van der Waals surface area (Å²) in [5.41, 5.74) is 1.18. The van der Waals surface area contributed by atoms with Gasteiger partial charge in [0.15, 0.2) is 5.96 Å². The Balaban J connectivity index is 0.00000364. The fourth-order valence-corrected chi connectivity index (χ4v) is 2.72. The van der Waals surface area contributed by atoms with E-state index in [-0.39, 0.29) is 41.3 Å². The van der Waals surface area contributed by atoms with E-state index in [1.807, 2.05) is 13.8 Å². The van der Waals surface area contributed by atoms with Gasteiger partial charge in [-0.2, -0.15) is 8.78 Å². The molecule has 1 aromatic carbocycles. The highest BCUT2D eigenvalue weighted by Gasteiger charge is 2.16. The summed E-state index contributed by atoms with van der Waals surface area (Å²) in [6.45, 7) is 1.10. The third kappa shape index (κ3) is 6.96. The Morgan fingerprint density at radius 2 is 1.93 bits per heavy atom. The molecule has 0 bridgehead atoms. The molecule has 1 aromatic heterocycles. The molecule has 0 fully saturated rings. The van der Waals surface area contributed by atoms with Gasteiger partial charge in [0.1, 0.15) is 11.5 Å². The summed E-state index contributed by atoms with van der Waals surface area (Å²) < 4.78 is 35.2. The lowest BCUT2D eigenvalue weighted by atomic mass is 10.2. The van der Waals surface area contributed by atoms with E-state index in [1.165, 1.54) is 12.1 Å². The van der Waals surface area contributed by atoms with Crippen molar-refractivity contribution in [3.05, 3.63) is 45.1 Å². The van der Waals surface area contributed by atoms with E-state index in [0.29, 0.717) is 29.0 Å². The van der Waals surface area contributed by atoms with Crippen molar-refractivity contribution in [2.24, 2.45) is 4.99 Å². The van der Waals surface area contributed by atoms with Crippen LogP contribution in [0.1, 0.15) is 22.9 Å². The number of hydrogen-bond donors (Lipinski definition) is 2. The molecule has 0 aliphatic heterocycles. The van der Waals surface area contributed by atoms with E-state index < -0.39 is 6.61 Å². The topological polar surface area (TPSA) is 71.7 Å². The van der Waals surface area contributed by atoms with Crippen LogP contribution in [0.15, 0.2) is 21.5 Å². The monoisotopic (exact) mass is 534 g/mol. The van der Waals surface area contributed by atoms with Gasteiger partial charge in [0, 0.05) is 24.2 Å².